The van der Waals surface area contributed by atoms with Crippen LogP contribution in [0.4, 0.5) is 4.79 Å². The van der Waals surface area contributed by atoms with Gasteiger partial charge in [-0.25, -0.2) is 4.79 Å². The lowest BCUT2D eigenvalue weighted by Gasteiger charge is -2.35. The fourth-order valence-electron chi connectivity index (χ4n) is 3.43. The smallest absolute Gasteiger partial charge is 0.410 e. The van der Waals surface area contributed by atoms with E-state index in [9.17, 15) is 18.3 Å². The van der Waals surface area contributed by atoms with Crippen LogP contribution in [0.15, 0.2) is 24.3 Å². The lowest BCUT2D eigenvalue weighted by Crippen LogP contribution is -2.53. The number of carbonyl (C=O) groups is 1. The molecular weight excluding hydrogens is 410 g/mol. The van der Waals surface area contributed by atoms with Crippen molar-refractivity contribution >= 4 is 16.3 Å². The minimum Gasteiger partial charge on any atom is -0.497 e. The predicted octanol–water partition coefficient (Wildman–Crippen LogP) is 1.67. The van der Waals surface area contributed by atoms with E-state index >= 15 is 0 Å². The van der Waals surface area contributed by atoms with Gasteiger partial charge < -0.3 is 19.5 Å². The molecule has 170 valence electrons. The lowest BCUT2D eigenvalue weighted by molar-refractivity contribution is 0.0136. The molecule has 0 saturated carbocycles. The quantitative estimate of drug-likeness (QED) is 0.688. The maximum absolute atomic E-state index is 13.1. The first kappa shape index (κ1) is 24.4. The van der Waals surface area contributed by atoms with Gasteiger partial charge in [0.2, 0.25) is 0 Å². The Labute approximate surface area is 179 Å². The van der Waals surface area contributed by atoms with Gasteiger partial charge in [0.05, 0.1) is 25.8 Å². The van der Waals surface area contributed by atoms with Crippen LogP contribution in [0.5, 0.6) is 5.75 Å². The van der Waals surface area contributed by atoms with Crippen molar-refractivity contribution in [3.63, 3.8) is 0 Å². The van der Waals surface area contributed by atoms with Crippen LogP contribution in [-0.2, 0) is 21.5 Å². The summed E-state index contributed by atoms with van der Waals surface area (Å²) in [7, 11) is 0.671. The summed E-state index contributed by atoms with van der Waals surface area (Å²) in [5, 5.41) is 10.0. The number of likely N-dealkylation sites (tertiary alicyclic amines) is 1. The highest BCUT2D eigenvalue weighted by molar-refractivity contribution is 7.86. The number of hydrogen-bond donors (Lipinski definition) is 1. The van der Waals surface area contributed by atoms with E-state index in [1.54, 1.807) is 52.1 Å². The number of rotatable bonds is 7. The average molecular weight is 444 g/mol. The van der Waals surface area contributed by atoms with Gasteiger partial charge in [-0.05, 0) is 44.9 Å². The van der Waals surface area contributed by atoms with Crippen molar-refractivity contribution in [2.45, 2.75) is 51.4 Å². The third-order valence-electron chi connectivity index (χ3n) is 4.95. The van der Waals surface area contributed by atoms with Crippen LogP contribution >= 0.6 is 0 Å². The highest BCUT2D eigenvalue weighted by atomic mass is 32.2. The number of benzene rings is 1. The topological polar surface area (TPSA) is 99.6 Å². The molecule has 1 fully saturated rings. The van der Waals surface area contributed by atoms with E-state index in [1.807, 2.05) is 0 Å². The summed E-state index contributed by atoms with van der Waals surface area (Å²) in [6.45, 7) is 5.32. The third-order valence-corrected chi connectivity index (χ3v) is 6.87. The number of ether oxygens (including phenoxy) is 2. The van der Waals surface area contributed by atoms with E-state index in [0.717, 1.165) is 9.87 Å². The summed E-state index contributed by atoms with van der Waals surface area (Å²) in [4.78, 5) is 14.0. The van der Waals surface area contributed by atoms with Crippen molar-refractivity contribution < 1.29 is 27.8 Å². The molecule has 2 rings (SSSR count). The average Bonchev–Trinajstić information content (AvgIpc) is 3.08. The zero-order chi connectivity index (χ0) is 22.7. The lowest BCUT2D eigenvalue weighted by atomic mass is 10.1. The Morgan fingerprint density at radius 1 is 1.23 bits per heavy atom. The van der Waals surface area contributed by atoms with Crippen molar-refractivity contribution in [2.24, 2.45) is 0 Å². The molecule has 0 unspecified atom stereocenters. The number of hydrogen-bond acceptors (Lipinski definition) is 6. The number of nitrogens with zero attached hydrogens (tertiary/aromatic N) is 3. The number of carbonyl (C=O) groups excluding carboxylic acids is 1. The normalized spacial score (nSPS) is 20.1. The third kappa shape index (κ3) is 5.63. The van der Waals surface area contributed by atoms with Crippen molar-refractivity contribution in [3.8, 4) is 5.75 Å². The van der Waals surface area contributed by atoms with Crippen molar-refractivity contribution in [1.82, 2.24) is 13.5 Å². The van der Waals surface area contributed by atoms with E-state index < -0.39 is 34.0 Å². The number of methoxy groups -OCH3 is 1. The van der Waals surface area contributed by atoms with Gasteiger partial charge in [-0.3, -0.25) is 0 Å². The minimum atomic E-state index is -3.82. The van der Waals surface area contributed by atoms with Crippen LogP contribution in [0.25, 0.3) is 0 Å². The fourth-order valence-corrected chi connectivity index (χ4v) is 4.75. The first-order valence-electron chi connectivity index (χ1n) is 9.83. The van der Waals surface area contributed by atoms with Crippen molar-refractivity contribution in [2.75, 3.05) is 34.4 Å². The van der Waals surface area contributed by atoms with Gasteiger partial charge in [0.15, 0.2) is 0 Å². The number of aliphatic hydroxyl groups excluding tert-OH is 1. The summed E-state index contributed by atoms with van der Waals surface area (Å²) in [5.74, 6) is 0.672. The first-order chi connectivity index (χ1) is 13.9. The molecule has 1 amide bonds. The molecule has 0 aliphatic carbocycles. The number of amides is 1. The molecule has 30 heavy (non-hydrogen) atoms. The molecule has 10 heteroatoms. The molecule has 0 aromatic heterocycles. The minimum absolute atomic E-state index is 0.105. The van der Waals surface area contributed by atoms with Crippen LogP contribution in [-0.4, -0.2) is 85.2 Å². The number of aliphatic hydroxyl groups is 1. The second-order valence-electron chi connectivity index (χ2n) is 8.46. The zero-order valence-electron chi connectivity index (χ0n) is 18.5. The summed E-state index contributed by atoms with van der Waals surface area (Å²) >= 11 is 0. The molecule has 9 nitrogen and oxygen atoms in total. The van der Waals surface area contributed by atoms with Gasteiger partial charge in [-0.15, -0.1) is 0 Å². The standard InChI is InChI=1S/C20H33N3O6S/c1-20(2,3)29-19(25)22-12-11-17(18(22)14-24)23(30(26,27)21(4)5)13-15-7-9-16(28-6)10-8-15/h7-10,17-18,24H,11-14H2,1-6H3/t17-,18-/m0/s1. The summed E-state index contributed by atoms with van der Waals surface area (Å²) in [5.41, 5.74) is 0.0850. The fraction of sp³-hybridized carbons (Fsp3) is 0.650. The maximum atomic E-state index is 13.1. The largest absolute Gasteiger partial charge is 0.497 e. The van der Waals surface area contributed by atoms with Gasteiger partial charge >= 0.3 is 6.09 Å². The molecule has 1 heterocycles. The molecule has 0 radical (unpaired) electrons. The second kappa shape index (κ2) is 9.51. The molecular formula is C20H33N3O6S. The summed E-state index contributed by atoms with van der Waals surface area (Å²) in [6, 6.07) is 5.84. The van der Waals surface area contributed by atoms with Crippen LogP contribution < -0.4 is 4.74 Å². The summed E-state index contributed by atoms with van der Waals surface area (Å²) < 4.78 is 39.3. The Bertz CT molecular complexity index is 820. The Morgan fingerprint density at radius 2 is 1.83 bits per heavy atom. The van der Waals surface area contributed by atoms with E-state index in [4.69, 9.17) is 9.47 Å². The van der Waals surface area contributed by atoms with Crippen molar-refractivity contribution in [1.29, 1.82) is 0 Å². The highest BCUT2D eigenvalue weighted by Crippen LogP contribution is 2.29. The van der Waals surface area contributed by atoms with Crippen LogP contribution in [0.2, 0.25) is 0 Å². The van der Waals surface area contributed by atoms with Crippen molar-refractivity contribution in [3.05, 3.63) is 29.8 Å². The molecule has 0 spiro atoms. The molecule has 1 N–H and O–H groups in total. The molecule has 2 atom stereocenters. The van der Waals surface area contributed by atoms with E-state index in [-0.39, 0.29) is 13.2 Å². The monoisotopic (exact) mass is 443 g/mol. The molecule has 1 aromatic rings. The Balaban J connectivity index is 2.34. The summed E-state index contributed by atoms with van der Waals surface area (Å²) in [6.07, 6.45) is -0.163. The van der Waals surface area contributed by atoms with E-state index in [0.29, 0.717) is 18.7 Å². The van der Waals surface area contributed by atoms with Crippen LogP contribution in [0, 0.1) is 0 Å². The molecule has 1 aliphatic heterocycles. The highest BCUT2D eigenvalue weighted by Gasteiger charge is 2.45. The molecule has 1 aromatic carbocycles. The maximum Gasteiger partial charge on any atom is 0.410 e. The predicted molar refractivity (Wildman–Crippen MR) is 113 cm³/mol. The van der Waals surface area contributed by atoms with Gasteiger partial charge in [0.25, 0.3) is 10.2 Å². The van der Waals surface area contributed by atoms with Gasteiger partial charge in [0, 0.05) is 27.2 Å². The molecule has 1 saturated heterocycles. The second-order valence-corrected chi connectivity index (χ2v) is 10.6. The van der Waals surface area contributed by atoms with E-state index in [2.05, 4.69) is 0 Å². The SMILES string of the molecule is COc1ccc(CN([C@H]2CCN(C(=O)OC(C)(C)C)[C@H]2CO)S(=O)(=O)N(C)C)cc1. The van der Waals surface area contributed by atoms with Gasteiger partial charge in [-0.2, -0.15) is 17.0 Å². The van der Waals surface area contributed by atoms with E-state index in [1.165, 1.54) is 23.3 Å². The molecule has 0 bridgehead atoms. The van der Waals surface area contributed by atoms with Crippen LogP contribution in [0.1, 0.15) is 32.8 Å². The Kier molecular flexibility index (Phi) is 7.73. The van der Waals surface area contributed by atoms with Gasteiger partial charge in [-0.1, -0.05) is 12.1 Å². The van der Waals surface area contributed by atoms with Crippen LogP contribution in [0.3, 0.4) is 0 Å². The molecule has 1 aliphatic rings. The zero-order valence-corrected chi connectivity index (χ0v) is 19.3. The first-order valence-corrected chi connectivity index (χ1v) is 11.2. The Morgan fingerprint density at radius 3 is 2.30 bits per heavy atom. The van der Waals surface area contributed by atoms with Gasteiger partial charge in [0.1, 0.15) is 11.4 Å². The Hall–Kier alpha value is -1.88.